The number of fused-ring (bicyclic) bond motifs is 1. The largest absolute Gasteiger partial charge is 0.464 e. The molecule has 3 nitrogen and oxygen atoms in total. The second-order valence-corrected chi connectivity index (χ2v) is 3.48. The van der Waals surface area contributed by atoms with Gasteiger partial charge in [0.2, 0.25) is 0 Å². The Kier molecular flexibility index (Phi) is 2.56. The Morgan fingerprint density at radius 1 is 1.38 bits per heavy atom. The molecule has 0 atom stereocenters. The van der Waals surface area contributed by atoms with Gasteiger partial charge in [-0.15, -0.1) is 0 Å². The Hall–Kier alpha value is -1.97. The van der Waals surface area contributed by atoms with E-state index in [1.165, 1.54) is 19.2 Å². The third-order valence-electron chi connectivity index (χ3n) is 2.37. The lowest BCUT2D eigenvalue weighted by atomic mass is 10.1. The average Bonchev–Trinajstić information content (AvgIpc) is 2.27. The van der Waals surface area contributed by atoms with Crippen molar-refractivity contribution >= 4 is 16.9 Å². The predicted octanol–water partition coefficient (Wildman–Crippen LogP) is 2.47. The van der Waals surface area contributed by atoms with Gasteiger partial charge in [-0.2, -0.15) is 0 Å². The summed E-state index contributed by atoms with van der Waals surface area (Å²) in [5.74, 6) is -0.886. The number of pyridine rings is 1. The van der Waals surface area contributed by atoms with Crippen molar-refractivity contribution in [2.75, 3.05) is 7.11 Å². The number of methoxy groups -OCH3 is 1. The first kappa shape index (κ1) is 10.5. The lowest BCUT2D eigenvalue weighted by Crippen LogP contribution is -2.04. The number of esters is 1. The summed E-state index contributed by atoms with van der Waals surface area (Å²) in [5, 5.41) is 0.828. The van der Waals surface area contributed by atoms with Gasteiger partial charge in [-0.3, -0.25) is 0 Å². The summed E-state index contributed by atoms with van der Waals surface area (Å²) in [5.41, 5.74) is 1.43. The van der Waals surface area contributed by atoms with Crippen LogP contribution in [0, 0.1) is 12.7 Å². The molecule has 0 bridgehead atoms. The third kappa shape index (κ3) is 1.74. The molecule has 2 aromatic rings. The van der Waals surface area contributed by atoms with E-state index in [0.717, 1.165) is 10.9 Å². The third-order valence-corrected chi connectivity index (χ3v) is 2.37. The first-order valence-corrected chi connectivity index (χ1v) is 4.77. The van der Waals surface area contributed by atoms with E-state index >= 15 is 0 Å². The highest BCUT2D eigenvalue weighted by Gasteiger charge is 2.09. The van der Waals surface area contributed by atoms with Crippen LogP contribution in [0.3, 0.4) is 0 Å². The molecule has 1 aromatic heterocycles. The van der Waals surface area contributed by atoms with Crippen LogP contribution in [0.1, 0.15) is 16.1 Å². The Bertz CT molecular complexity index is 566. The van der Waals surface area contributed by atoms with Crippen LogP contribution in [-0.2, 0) is 4.74 Å². The molecule has 0 saturated heterocycles. The van der Waals surface area contributed by atoms with Crippen LogP contribution in [0.4, 0.5) is 4.39 Å². The summed E-state index contributed by atoms with van der Waals surface area (Å²) in [6, 6.07) is 6.04. The van der Waals surface area contributed by atoms with Crippen molar-refractivity contribution in [1.82, 2.24) is 4.98 Å². The van der Waals surface area contributed by atoms with Crippen molar-refractivity contribution in [3.05, 3.63) is 41.3 Å². The number of benzene rings is 1. The van der Waals surface area contributed by atoms with E-state index in [4.69, 9.17) is 0 Å². The molecular weight excluding hydrogens is 209 g/mol. The minimum absolute atomic E-state index is 0.181. The molecule has 16 heavy (non-hydrogen) atoms. The number of rotatable bonds is 1. The molecule has 1 heterocycles. The van der Waals surface area contributed by atoms with E-state index in [9.17, 15) is 9.18 Å². The molecule has 0 spiro atoms. The zero-order chi connectivity index (χ0) is 11.7. The van der Waals surface area contributed by atoms with Gasteiger partial charge in [0.15, 0.2) is 0 Å². The van der Waals surface area contributed by atoms with Crippen molar-refractivity contribution in [3.8, 4) is 0 Å². The van der Waals surface area contributed by atoms with Gasteiger partial charge < -0.3 is 4.74 Å². The number of hydrogen-bond acceptors (Lipinski definition) is 3. The van der Waals surface area contributed by atoms with Crippen LogP contribution in [0.15, 0.2) is 24.3 Å². The molecule has 82 valence electrons. The number of nitrogens with zero attached hydrogens (tertiary/aromatic N) is 1. The summed E-state index contributed by atoms with van der Waals surface area (Å²) >= 11 is 0. The molecule has 0 N–H and O–H groups in total. The fourth-order valence-electron chi connectivity index (χ4n) is 1.59. The second kappa shape index (κ2) is 3.89. The number of ether oxygens (including phenoxy) is 1. The molecule has 0 fully saturated rings. The molecule has 1 aromatic carbocycles. The van der Waals surface area contributed by atoms with Crippen LogP contribution in [0.5, 0.6) is 0 Å². The maximum Gasteiger partial charge on any atom is 0.356 e. The standard InChI is InChI=1S/C12H10FNO2/c1-7-5-8(13)6-11-9(7)3-4-10(14-11)12(15)16-2/h3-6H,1-2H3. The van der Waals surface area contributed by atoms with Gasteiger partial charge in [0.1, 0.15) is 11.5 Å². The second-order valence-electron chi connectivity index (χ2n) is 3.48. The summed E-state index contributed by atoms with van der Waals surface area (Å²) in [4.78, 5) is 15.3. The Morgan fingerprint density at radius 3 is 2.81 bits per heavy atom. The zero-order valence-corrected chi connectivity index (χ0v) is 8.95. The maximum atomic E-state index is 13.2. The normalized spacial score (nSPS) is 10.4. The molecular formula is C12H10FNO2. The maximum absolute atomic E-state index is 13.2. The number of aromatic nitrogens is 1. The number of halogens is 1. The summed E-state index contributed by atoms with van der Waals surface area (Å²) < 4.78 is 17.7. The van der Waals surface area contributed by atoms with Gasteiger partial charge in [0, 0.05) is 11.5 Å². The van der Waals surface area contributed by atoms with Gasteiger partial charge in [-0.25, -0.2) is 14.2 Å². The minimum Gasteiger partial charge on any atom is -0.464 e. The number of hydrogen-bond donors (Lipinski definition) is 0. The molecule has 2 rings (SSSR count). The Balaban J connectivity index is 2.66. The number of carbonyl (C=O) groups is 1. The quantitative estimate of drug-likeness (QED) is 0.691. The van der Waals surface area contributed by atoms with E-state index in [0.29, 0.717) is 5.52 Å². The first-order chi connectivity index (χ1) is 7.61. The number of aryl methyl sites for hydroxylation is 1. The van der Waals surface area contributed by atoms with Crippen LogP contribution in [0.2, 0.25) is 0 Å². The van der Waals surface area contributed by atoms with Crippen LogP contribution in [-0.4, -0.2) is 18.1 Å². The molecule has 0 aliphatic rings. The van der Waals surface area contributed by atoms with E-state index in [2.05, 4.69) is 9.72 Å². The summed E-state index contributed by atoms with van der Waals surface area (Å²) in [7, 11) is 1.28. The highest BCUT2D eigenvalue weighted by Crippen LogP contribution is 2.19. The van der Waals surface area contributed by atoms with E-state index < -0.39 is 5.97 Å². The van der Waals surface area contributed by atoms with Crippen molar-refractivity contribution in [3.63, 3.8) is 0 Å². The Morgan fingerprint density at radius 2 is 2.12 bits per heavy atom. The predicted molar refractivity (Wildman–Crippen MR) is 57.8 cm³/mol. The first-order valence-electron chi connectivity index (χ1n) is 4.77. The van der Waals surface area contributed by atoms with E-state index in [-0.39, 0.29) is 11.5 Å². The SMILES string of the molecule is COC(=O)c1ccc2c(C)cc(F)cc2n1. The monoisotopic (exact) mass is 219 g/mol. The lowest BCUT2D eigenvalue weighted by Gasteiger charge is -2.04. The molecule has 0 aliphatic heterocycles. The molecule has 0 radical (unpaired) electrons. The van der Waals surface area contributed by atoms with Crippen molar-refractivity contribution in [2.45, 2.75) is 6.92 Å². The van der Waals surface area contributed by atoms with Gasteiger partial charge in [0.05, 0.1) is 12.6 Å². The molecule has 4 heteroatoms. The van der Waals surface area contributed by atoms with Crippen molar-refractivity contribution < 1.29 is 13.9 Å². The van der Waals surface area contributed by atoms with E-state index in [1.807, 2.05) is 0 Å². The summed E-state index contributed by atoms with van der Waals surface area (Å²) in [6.45, 7) is 1.80. The Labute approximate surface area is 91.9 Å². The van der Waals surface area contributed by atoms with Gasteiger partial charge in [-0.05, 0) is 24.6 Å². The molecule has 0 saturated carbocycles. The molecule has 0 amide bonds. The number of carbonyl (C=O) groups excluding carboxylic acids is 1. The van der Waals surface area contributed by atoms with Crippen LogP contribution in [0.25, 0.3) is 10.9 Å². The topological polar surface area (TPSA) is 39.2 Å². The molecule has 0 aliphatic carbocycles. The van der Waals surface area contributed by atoms with Gasteiger partial charge >= 0.3 is 5.97 Å². The van der Waals surface area contributed by atoms with Crippen molar-refractivity contribution in [1.29, 1.82) is 0 Å². The lowest BCUT2D eigenvalue weighted by molar-refractivity contribution is 0.0594. The highest BCUT2D eigenvalue weighted by atomic mass is 19.1. The van der Waals surface area contributed by atoms with Gasteiger partial charge in [-0.1, -0.05) is 6.07 Å². The van der Waals surface area contributed by atoms with Crippen LogP contribution >= 0.6 is 0 Å². The van der Waals surface area contributed by atoms with E-state index in [1.54, 1.807) is 19.1 Å². The summed E-state index contributed by atoms with van der Waals surface area (Å²) in [6.07, 6.45) is 0. The van der Waals surface area contributed by atoms with Gasteiger partial charge in [0.25, 0.3) is 0 Å². The average molecular weight is 219 g/mol. The fraction of sp³-hybridized carbons (Fsp3) is 0.167. The van der Waals surface area contributed by atoms with Crippen LogP contribution < -0.4 is 0 Å². The minimum atomic E-state index is -0.524. The highest BCUT2D eigenvalue weighted by molar-refractivity contribution is 5.91. The smallest absolute Gasteiger partial charge is 0.356 e. The molecule has 0 unspecified atom stereocenters. The zero-order valence-electron chi connectivity index (χ0n) is 8.95. The van der Waals surface area contributed by atoms with Crippen molar-refractivity contribution in [2.24, 2.45) is 0 Å². The fourth-order valence-corrected chi connectivity index (χ4v) is 1.59.